The summed E-state index contributed by atoms with van der Waals surface area (Å²) in [5, 5.41) is 6.22. The van der Waals surface area contributed by atoms with Crippen molar-refractivity contribution < 1.29 is 17.6 Å². The van der Waals surface area contributed by atoms with Gasteiger partial charge in [0, 0.05) is 26.6 Å². The molecule has 0 bridgehead atoms. The zero-order valence-electron chi connectivity index (χ0n) is 14.5. The Hall–Kier alpha value is -1.51. The van der Waals surface area contributed by atoms with Crippen LogP contribution in [0.5, 0.6) is 0 Å². The molecule has 0 aliphatic carbocycles. The van der Waals surface area contributed by atoms with Crippen molar-refractivity contribution in [1.29, 1.82) is 0 Å². The van der Waals surface area contributed by atoms with Crippen molar-refractivity contribution in [3.63, 3.8) is 0 Å². The normalized spacial score (nSPS) is 18.3. The van der Waals surface area contributed by atoms with Gasteiger partial charge in [0.25, 0.3) is 0 Å². The van der Waals surface area contributed by atoms with Gasteiger partial charge in [-0.15, -0.1) is 0 Å². The van der Waals surface area contributed by atoms with Crippen molar-refractivity contribution in [1.82, 2.24) is 14.9 Å². The molecule has 0 radical (unpaired) electrons. The van der Waals surface area contributed by atoms with E-state index in [1.54, 1.807) is 0 Å². The summed E-state index contributed by atoms with van der Waals surface area (Å²) in [5.74, 6) is -0.0659. The number of hydrogen-bond acceptors (Lipinski definition) is 4. The van der Waals surface area contributed by atoms with Crippen LogP contribution in [0.4, 0.5) is 4.39 Å². The molecular formula is C17H26FN3O3S. The Morgan fingerprint density at radius 2 is 2.08 bits per heavy atom. The van der Waals surface area contributed by atoms with E-state index in [9.17, 15) is 17.6 Å². The van der Waals surface area contributed by atoms with Crippen LogP contribution in [-0.2, 0) is 14.8 Å². The fraction of sp³-hybridized carbons (Fsp3) is 0.588. The van der Waals surface area contributed by atoms with Gasteiger partial charge in [-0.2, -0.15) is 0 Å². The summed E-state index contributed by atoms with van der Waals surface area (Å²) < 4.78 is 38.8. The van der Waals surface area contributed by atoms with Gasteiger partial charge in [0.1, 0.15) is 5.82 Å². The number of hydrogen-bond donors (Lipinski definition) is 2. The molecular weight excluding hydrogens is 345 g/mol. The van der Waals surface area contributed by atoms with E-state index in [0.717, 1.165) is 38.1 Å². The highest BCUT2D eigenvalue weighted by Gasteiger charge is 2.20. The fourth-order valence-corrected chi connectivity index (χ4v) is 4.02. The Morgan fingerprint density at radius 3 is 2.72 bits per heavy atom. The molecule has 6 nitrogen and oxygen atoms in total. The average Bonchev–Trinajstić information content (AvgIpc) is 2.61. The minimum atomic E-state index is -3.66. The monoisotopic (exact) mass is 371 g/mol. The van der Waals surface area contributed by atoms with E-state index in [2.05, 4.69) is 10.6 Å². The maximum atomic E-state index is 12.9. The van der Waals surface area contributed by atoms with Crippen LogP contribution in [0.3, 0.4) is 0 Å². The van der Waals surface area contributed by atoms with Crippen LogP contribution in [0, 0.1) is 11.7 Å². The molecule has 140 valence electrons. The molecule has 1 aliphatic heterocycles. The molecule has 1 atom stereocenters. The lowest BCUT2D eigenvalue weighted by molar-refractivity contribution is -0.121. The molecule has 2 rings (SSSR count). The highest BCUT2D eigenvalue weighted by atomic mass is 32.2. The summed E-state index contributed by atoms with van der Waals surface area (Å²) in [5.41, 5.74) is 0. The number of amides is 1. The van der Waals surface area contributed by atoms with E-state index in [-0.39, 0.29) is 23.8 Å². The third-order valence-electron chi connectivity index (χ3n) is 4.39. The first kappa shape index (κ1) is 19.8. The summed E-state index contributed by atoms with van der Waals surface area (Å²) in [6.07, 6.45) is 2.97. The van der Waals surface area contributed by atoms with E-state index >= 15 is 0 Å². The molecule has 0 aromatic heterocycles. The van der Waals surface area contributed by atoms with Crippen molar-refractivity contribution in [3.05, 3.63) is 30.1 Å². The third kappa shape index (κ3) is 6.05. The van der Waals surface area contributed by atoms with Crippen molar-refractivity contribution in [3.8, 4) is 0 Å². The standard InChI is InChI=1S/C17H26FN3O3S/c1-21(25(23,24)16-8-6-15(18)7-9-16)11-3-5-17(22)20-13-14-4-2-10-19-12-14/h6-9,14,19H,2-5,10-13H2,1H3,(H,20,22). The van der Waals surface area contributed by atoms with Crippen molar-refractivity contribution >= 4 is 15.9 Å². The van der Waals surface area contributed by atoms with E-state index < -0.39 is 15.8 Å². The van der Waals surface area contributed by atoms with Crippen molar-refractivity contribution in [2.45, 2.75) is 30.6 Å². The quantitative estimate of drug-likeness (QED) is 0.723. The van der Waals surface area contributed by atoms with Gasteiger partial charge in [-0.3, -0.25) is 4.79 Å². The molecule has 25 heavy (non-hydrogen) atoms. The first-order valence-corrected chi connectivity index (χ1v) is 10.0. The van der Waals surface area contributed by atoms with Crippen LogP contribution in [0.25, 0.3) is 0 Å². The number of piperidine rings is 1. The molecule has 0 saturated carbocycles. The number of rotatable bonds is 8. The molecule has 0 spiro atoms. The number of carbonyl (C=O) groups excluding carboxylic acids is 1. The number of nitrogens with one attached hydrogen (secondary N) is 2. The lowest BCUT2D eigenvalue weighted by Gasteiger charge is -2.23. The zero-order valence-corrected chi connectivity index (χ0v) is 15.3. The summed E-state index contributed by atoms with van der Waals surface area (Å²) in [6, 6.07) is 4.72. The highest BCUT2D eigenvalue weighted by molar-refractivity contribution is 7.89. The summed E-state index contributed by atoms with van der Waals surface area (Å²) in [6.45, 7) is 2.87. The molecule has 1 heterocycles. The van der Waals surface area contributed by atoms with E-state index in [1.165, 1.54) is 23.5 Å². The van der Waals surface area contributed by atoms with E-state index in [4.69, 9.17) is 0 Å². The first-order valence-electron chi connectivity index (χ1n) is 8.59. The van der Waals surface area contributed by atoms with Crippen molar-refractivity contribution in [2.24, 2.45) is 5.92 Å². The van der Waals surface area contributed by atoms with Crippen LogP contribution in [0.2, 0.25) is 0 Å². The lowest BCUT2D eigenvalue weighted by atomic mass is 10.00. The Morgan fingerprint density at radius 1 is 1.36 bits per heavy atom. The highest BCUT2D eigenvalue weighted by Crippen LogP contribution is 2.15. The Kier molecular flexibility index (Phi) is 7.34. The number of benzene rings is 1. The number of sulfonamides is 1. The average molecular weight is 371 g/mol. The summed E-state index contributed by atoms with van der Waals surface area (Å²) in [7, 11) is -2.19. The molecule has 1 aromatic carbocycles. The van der Waals surface area contributed by atoms with Crippen LogP contribution < -0.4 is 10.6 Å². The molecule has 1 saturated heterocycles. The van der Waals surface area contributed by atoms with E-state index in [0.29, 0.717) is 18.9 Å². The molecule has 8 heteroatoms. The second-order valence-electron chi connectivity index (χ2n) is 6.40. The minimum absolute atomic E-state index is 0.0469. The Bertz CT molecular complexity index is 658. The Balaban J connectivity index is 1.72. The maximum Gasteiger partial charge on any atom is 0.242 e. The van der Waals surface area contributed by atoms with E-state index in [1.807, 2.05) is 0 Å². The molecule has 2 N–H and O–H groups in total. The van der Waals surface area contributed by atoms with Gasteiger partial charge >= 0.3 is 0 Å². The van der Waals surface area contributed by atoms with Gasteiger partial charge in [-0.25, -0.2) is 17.1 Å². The second-order valence-corrected chi connectivity index (χ2v) is 8.45. The smallest absolute Gasteiger partial charge is 0.242 e. The van der Waals surface area contributed by atoms with Gasteiger partial charge < -0.3 is 10.6 Å². The number of halogens is 1. The van der Waals surface area contributed by atoms with Gasteiger partial charge in [-0.1, -0.05) is 0 Å². The van der Waals surface area contributed by atoms with Gasteiger partial charge in [0.15, 0.2) is 0 Å². The third-order valence-corrected chi connectivity index (χ3v) is 6.26. The molecule has 1 unspecified atom stereocenters. The van der Waals surface area contributed by atoms with Crippen LogP contribution in [0.1, 0.15) is 25.7 Å². The maximum absolute atomic E-state index is 12.9. The second kappa shape index (κ2) is 9.26. The zero-order chi connectivity index (χ0) is 18.3. The summed E-state index contributed by atoms with van der Waals surface area (Å²) in [4.78, 5) is 11.9. The van der Waals surface area contributed by atoms with Crippen LogP contribution in [0.15, 0.2) is 29.2 Å². The SMILES string of the molecule is CN(CCCC(=O)NCC1CCCNC1)S(=O)(=O)c1ccc(F)cc1. The fourth-order valence-electron chi connectivity index (χ4n) is 2.81. The van der Waals surface area contributed by atoms with Crippen molar-refractivity contribution in [2.75, 3.05) is 33.2 Å². The molecule has 1 amide bonds. The number of carbonyl (C=O) groups is 1. The van der Waals surface area contributed by atoms with Crippen LogP contribution in [-0.4, -0.2) is 51.9 Å². The van der Waals surface area contributed by atoms with Crippen LogP contribution >= 0.6 is 0 Å². The molecule has 1 fully saturated rings. The first-order chi connectivity index (χ1) is 11.9. The predicted molar refractivity (Wildman–Crippen MR) is 94.1 cm³/mol. The van der Waals surface area contributed by atoms with Gasteiger partial charge in [0.2, 0.25) is 15.9 Å². The minimum Gasteiger partial charge on any atom is -0.356 e. The largest absolute Gasteiger partial charge is 0.356 e. The number of nitrogens with zero attached hydrogens (tertiary/aromatic N) is 1. The lowest BCUT2D eigenvalue weighted by Crippen LogP contribution is -2.38. The molecule has 1 aliphatic rings. The topological polar surface area (TPSA) is 78.5 Å². The predicted octanol–water partition coefficient (Wildman–Crippen LogP) is 1.34. The summed E-state index contributed by atoms with van der Waals surface area (Å²) >= 11 is 0. The Labute approximate surface area is 148 Å². The van der Waals surface area contributed by atoms with Gasteiger partial charge in [0.05, 0.1) is 4.90 Å². The molecule has 1 aromatic rings. The van der Waals surface area contributed by atoms with Gasteiger partial charge in [-0.05, 0) is 62.5 Å².